The van der Waals surface area contributed by atoms with Crippen molar-refractivity contribution >= 4 is 11.6 Å². The van der Waals surface area contributed by atoms with Crippen LogP contribution in [0, 0.1) is 0 Å². The number of amides is 1. The maximum Gasteiger partial charge on any atom is 0.271 e. The van der Waals surface area contributed by atoms with E-state index in [1.54, 1.807) is 0 Å². The van der Waals surface area contributed by atoms with E-state index in [1.165, 1.54) is 5.56 Å². The third-order valence-corrected chi connectivity index (χ3v) is 3.23. The summed E-state index contributed by atoms with van der Waals surface area (Å²) in [5.41, 5.74) is 5.63. The Hall–Kier alpha value is -1.64. The van der Waals surface area contributed by atoms with Gasteiger partial charge in [0.15, 0.2) is 0 Å². The van der Waals surface area contributed by atoms with Gasteiger partial charge in [-0.3, -0.25) is 4.79 Å². The molecule has 0 saturated carbocycles. The molecule has 0 bridgehead atoms. The quantitative estimate of drug-likeness (QED) is 0.577. The summed E-state index contributed by atoms with van der Waals surface area (Å²) in [6.07, 6.45) is 4.00. The monoisotopic (exact) mass is 274 g/mol. The summed E-state index contributed by atoms with van der Waals surface area (Å²) >= 11 is 0. The van der Waals surface area contributed by atoms with Crippen LogP contribution in [0.1, 0.15) is 75.2 Å². The van der Waals surface area contributed by atoms with Gasteiger partial charge in [-0.25, -0.2) is 5.43 Å². The number of nitrogens with zero attached hydrogens (tertiary/aromatic N) is 1. The zero-order valence-corrected chi connectivity index (χ0v) is 13.1. The average Bonchev–Trinajstić information content (AvgIpc) is 2.45. The SMILES string of the molecule is CCCC(CCC)=NNC(=O)c1ccc(C(C)C)cc1. The van der Waals surface area contributed by atoms with Gasteiger partial charge in [0.25, 0.3) is 5.91 Å². The van der Waals surface area contributed by atoms with E-state index in [0.29, 0.717) is 11.5 Å². The van der Waals surface area contributed by atoms with Gasteiger partial charge in [-0.1, -0.05) is 52.7 Å². The molecule has 1 N–H and O–H groups in total. The molecule has 0 aromatic heterocycles. The Balaban J connectivity index is 2.67. The molecule has 0 aliphatic rings. The topological polar surface area (TPSA) is 41.5 Å². The van der Waals surface area contributed by atoms with Crippen molar-refractivity contribution in [2.75, 3.05) is 0 Å². The van der Waals surface area contributed by atoms with E-state index in [-0.39, 0.29) is 5.91 Å². The molecule has 1 rings (SSSR count). The Bertz CT molecular complexity index is 439. The van der Waals surface area contributed by atoms with Crippen LogP contribution in [0.15, 0.2) is 29.4 Å². The van der Waals surface area contributed by atoms with Crippen molar-refractivity contribution in [2.45, 2.75) is 59.3 Å². The van der Waals surface area contributed by atoms with Gasteiger partial charge in [0.2, 0.25) is 0 Å². The zero-order chi connectivity index (χ0) is 15.0. The van der Waals surface area contributed by atoms with E-state index in [4.69, 9.17) is 0 Å². The first-order valence-corrected chi connectivity index (χ1v) is 7.54. The van der Waals surface area contributed by atoms with Crippen molar-refractivity contribution < 1.29 is 4.79 Å². The van der Waals surface area contributed by atoms with Crippen LogP contribution >= 0.6 is 0 Å². The summed E-state index contributed by atoms with van der Waals surface area (Å²) in [6.45, 7) is 8.53. The number of carbonyl (C=O) groups excluding carboxylic acids is 1. The van der Waals surface area contributed by atoms with Gasteiger partial charge in [-0.15, -0.1) is 0 Å². The molecule has 110 valence electrons. The molecular weight excluding hydrogens is 248 g/mol. The molecule has 3 nitrogen and oxygen atoms in total. The Labute approximate surface area is 122 Å². The normalized spacial score (nSPS) is 10.4. The summed E-state index contributed by atoms with van der Waals surface area (Å²) < 4.78 is 0. The van der Waals surface area contributed by atoms with E-state index in [2.05, 4.69) is 38.2 Å². The minimum atomic E-state index is -0.134. The molecule has 0 fully saturated rings. The standard InChI is InChI=1S/C17H26N2O/c1-5-7-16(8-6-2)18-19-17(20)15-11-9-14(10-12-15)13(3)4/h9-13H,5-8H2,1-4H3,(H,19,20). The maximum absolute atomic E-state index is 12.0. The third-order valence-electron chi connectivity index (χ3n) is 3.23. The summed E-state index contributed by atoms with van der Waals surface area (Å²) in [7, 11) is 0. The first kappa shape index (κ1) is 16.4. The fraction of sp³-hybridized carbons (Fsp3) is 0.529. The Kier molecular flexibility index (Phi) is 6.99. The molecule has 0 unspecified atom stereocenters. The van der Waals surface area contributed by atoms with Crippen LogP contribution in [0.25, 0.3) is 0 Å². The van der Waals surface area contributed by atoms with Crippen LogP contribution in [0.3, 0.4) is 0 Å². The molecule has 0 spiro atoms. The smallest absolute Gasteiger partial charge is 0.267 e. The Morgan fingerprint density at radius 1 is 1.10 bits per heavy atom. The van der Waals surface area contributed by atoms with Crippen LogP contribution in [-0.2, 0) is 0 Å². The summed E-state index contributed by atoms with van der Waals surface area (Å²) in [5.74, 6) is 0.343. The summed E-state index contributed by atoms with van der Waals surface area (Å²) in [5, 5.41) is 4.25. The lowest BCUT2D eigenvalue weighted by molar-refractivity contribution is 0.0954. The number of nitrogens with one attached hydrogen (secondary N) is 1. The van der Waals surface area contributed by atoms with Crippen molar-refractivity contribution in [2.24, 2.45) is 5.10 Å². The second-order valence-corrected chi connectivity index (χ2v) is 5.40. The van der Waals surface area contributed by atoms with Gasteiger partial charge < -0.3 is 0 Å². The Morgan fingerprint density at radius 3 is 2.10 bits per heavy atom. The van der Waals surface area contributed by atoms with Gasteiger partial charge in [-0.2, -0.15) is 5.10 Å². The predicted molar refractivity (Wildman–Crippen MR) is 85.2 cm³/mol. The summed E-state index contributed by atoms with van der Waals surface area (Å²) in [6, 6.07) is 7.73. The number of carbonyl (C=O) groups is 1. The third kappa shape index (κ3) is 5.16. The average molecular weight is 274 g/mol. The first-order valence-electron chi connectivity index (χ1n) is 7.54. The number of hydrazone groups is 1. The predicted octanol–water partition coefficient (Wildman–Crippen LogP) is 4.50. The molecule has 0 atom stereocenters. The highest BCUT2D eigenvalue weighted by Crippen LogP contribution is 2.14. The lowest BCUT2D eigenvalue weighted by atomic mass is 10.0. The molecule has 1 aromatic carbocycles. The highest BCUT2D eigenvalue weighted by molar-refractivity contribution is 5.95. The van der Waals surface area contributed by atoms with Gasteiger partial charge in [0.05, 0.1) is 0 Å². The van der Waals surface area contributed by atoms with E-state index < -0.39 is 0 Å². The number of benzene rings is 1. The lowest BCUT2D eigenvalue weighted by Gasteiger charge is -2.07. The maximum atomic E-state index is 12.0. The van der Waals surface area contributed by atoms with Gasteiger partial charge >= 0.3 is 0 Å². The van der Waals surface area contributed by atoms with Crippen LogP contribution in [0.4, 0.5) is 0 Å². The van der Waals surface area contributed by atoms with Crippen LogP contribution in [0.2, 0.25) is 0 Å². The molecule has 3 heteroatoms. The molecule has 1 aromatic rings. The van der Waals surface area contributed by atoms with Gasteiger partial charge in [-0.05, 0) is 36.5 Å². The number of hydrogen-bond donors (Lipinski definition) is 1. The Morgan fingerprint density at radius 2 is 1.65 bits per heavy atom. The van der Waals surface area contributed by atoms with Crippen molar-refractivity contribution in [1.82, 2.24) is 5.43 Å². The highest BCUT2D eigenvalue weighted by atomic mass is 16.2. The molecule has 0 radical (unpaired) electrons. The van der Waals surface area contributed by atoms with E-state index in [9.17, 15) is 4.79 Å². The highest BCUT2D eigenvalue weighted by Gasteiger charge is 2.06. The zero-order valence-electron chi connectivity index (χ0n) is 13.1. The fourth-order valence-corrected chi connectivity index (χ4v) is 2.03. The van der Waals surface area contributed by atoms with Crippen LogP contribution < -0.4 is 5.43 Å². The summed E-state index contributed by atoms with van der Waals surface area (Å²) in [4.78, 5) is 12.0. The number of hydrogen-bond acceptors (Lipinski definition) is 2. The molecule has 0 saturated heterocycles. The molecule has 1 amide bonds. The van der Waals surface area contributed by atoms with Crippen molar-refractivity contribution in [1.29, 1.82) is 0 Å². The first-order chi connectivity index (χ1) is 9.58. The van der Waals surface area contributed by atoms with Crippen LogP contribution in [-0.4, -0.2) is 11.6 Å². The molecule has 0 heterocycles. The van der Waals surface area contributed by atoms with Gasteiger partial charge in [0, 0.05) is 11.3 Å². The van der Waals surface area contributed by atoms with E-state index in [0.717, 1.165) is 31.4 Å². The van der Waals surface area contributed by atoms with Gasteiger partial charge in [0.1, 0.15) is 0 Å². The minimum absolute atomic E-state index is 0.134. The minimum Gasteiger partial charge on any atom is -0.267 e. The fourth-order valence-electron chi connectivity index (χ4n) is 2.03. The second kappa shape index (κ2) is 8.51. The van der Waals surface area contributed by atoms with Crippen molar-refractivity contribution in [3.05, 3.63) is 35.4 Å². The second-order valence-electron chi connectivity index (χ2n) is 5.40. The number of rotatable bonds is 7. The van der Waals surface area contributed by atoms with Crippen LogP contribution in [0.5, 0.6) is 0 Å². The largest absolute Gasteiger partial charge is 0.271 e. The van der Waals surface area contributed by atoms with E-state index >= 15 is 0 Å². The van der Waals surface area contributed by atoms with Crippen molar-refractivity contribution in [3.8, 4) is 0 Å². The van der Waals surface area contributed by atoms with E-state index in [1.807, 2.05) is 24.3 Å². The molecule has 0 aliphatic carbocycles. The lowest BCUT2D eigenvalue weighted by Crippen LogP contribution is -2.19. The molecule has 0 aliphatic heterocycles. The molecule has 20 heavy (non-hydrogen) atoms. The van der Waals surface area contributed by atoms with Crippen molar-refractivity contribution in [3.63, 3.8) is 0 Å². The molecular formula is C17H26N2O.